The fourth-order valence-electron chi connectivity index (χ4n) is 2.58. The number of thiazole rings is 1. The predicted octanol–water partition coefficient (Wildman–Crippen LogP) is 3.66. The van der Waals surface area contributed by atoms with E-state index in [0.717, 1.165) is 0 Å². The summed E-state index contributed by atoms with van der Waals surface area (Å²) >= 11 is 1.20. The number of benzene rings is 1. The van der Waals surface area contributed by atoms with E-state index >= 15 is 0 Å². The monoisotopic (exact) mass is 386 g/mol. The molecule has 1 aromatic carbocycles. The average molecular weight is 386 g/mol. The number of rotatable bonds is 6. The van der Waals surface area contributed by atoms with Gasteiger partial charge in [-0.05, 0) is 43.2 Å². The van der Waals surface area contributed by atoms with Crippen molar-refractivity contribution < 1.29 is 18.7 Å². The number of nitrogens with one attached hydrogen (secondary N) is 1. The molecule has 0 unspecified atom stereocenters. The van der Waals surface area contributed by atoms with Gasteiger partial charge in [-0.15, -0.1) is 0 Å². The molecule has 1 amide bonds. The largest absolute Gasteiger partial charge is 0.490 e. The Morgan fingerprint density at radius 2 is 1.89 bits per heavy atom. The zero-order valence-corrected chi connectivity index (χ0v) is 14.9. The van der Waals surface area contributed by atoms with Crippen LogP contribution in [0.2, 0.25) is 0 Å². The highest BCUT2D eigenvalue weighted by molar-refractivity contribution is 7.17. The summed E-state index contributed by atoms with van der Waals surface area (Å²) in [6, 6.07) is 7.77. The molecule has 0 radical (unpaired) electrons. The summed E-state index contributed by atoms with van der Waals surface area (Å²) in [6.45, 7) is 0. The van der Waals surface area contributed by atoms with Crippen molar-refractivity contribution in [2.75, 3.05) is 5.32 Å². The Hall–Kier alpha value is -3.07. The molecule has 1 aliphatic rings. The Labute approximate surface area is 158 Å². The molecule has 27 heavy (non-hydrogen) atoms. The lowest BCUT2D eigenvalue weighted by molar-refractivity contribution is -0.125. The van der Waals surface area contributed by atoms with Crippen LogP contribution >= 0.6 is 11.3 Å². The minimum atomic E-state index is -0.307. The lowest BCUT2D eigenvalue weighted by Crippen LogP contribution is -2.40. The van der Waals surface area contributed by atoms with E-state index in [1.54, 1.807) is 30.6 Å². The first-order valence-corrected chi connectivity index (χ1v) is 9.11. The lowest BCUT2D eigenvalue weighted by atomic mass is 9.81. The van der Waals surface area contributed by atoms with Gasteiger partial charge in [-0.2, -0.15) is 0 Å². The Morgan fingerprint density at radius 3 is 2.63 bits per heavy atom. The standard InChI is InChI=1S/C18H15FN4O3S/c19-12-2-4-13(5-3-12)25-14-8-11(9-14)16(24)23-18-22-10-15(27-18)26-17-20-6-1-7-21-17/h1-7,10-11,14H,8-9H2,(H,22,23,24). The van der Waals surface area contributed by atoms with E-state index in [1.807, 2.05) is 0 Å². The molecular weight excluding hydrogens is 371 g/mol. The molecule has 1 aliphatic carbocycles. The first-order chi connectivity index (χ1) is 13.2. The Kier molecular flexibility index (Phi) is 4.93. The fourth-order valence-corrected chi connectivity index (χ4v) is 3.25. The first kappa shape index (κ1) is 17.3. The van der Waals surface area contributed by atoms with Crippen LogP contribution in [0.4, 0.5) is 9.52 Å². The molecule has 7 nitrogen and oxygen atoms in total. The van der Waals surface area contributed by atoms with Crippen molar-refractivity contribution in [1.82, 2.24) is 15.0 Å². The van der Waals surface area contributed by atoms with Crippen molar-refractivity contribution in [1.29, 1.82) is 0 Å². The first-order valence-electron chi connectivity index (χ1n) is 8.29. The van der Waals surface area contributed by atoms with E-state index in [-0.39, 0.29) is 29.8 Å². The second-order valence-electron chi connectivity index (χ2n) is 5.97. The summed E-state index contributed by atoms with van der Waals surface area (Å²) in [6.07, 6.45) is 5.83. The van der Waals surface area contributed by atoms with Gasteiger partial charge in [0.05, 0.1) is 6.20 Å². The summed E-state index contributed by atoms with van der Waals surface area (Å²) in [5, 5.41) is 3.73. The van der Waals surface area contributed by atoms with Crippen LogP contribution in [0.3, 0.4) is 0 Å². The van der Waals surface area contributed by atoms with Crippen molar-refractivity contribution in [2.24, 2.45) is 5.92 Å². The number of amides is 1. The van der Waals surface area contributed by atoms with Crippen LogP contribution in [0.15, 0.2) is 48.9 Å². The molecule has 3 aromatic rings. The molecule has 0 bridgehead atoms. The van der Waals surface area contributed by atoms with Crippen molar-refractivity contribution in [3.05, 3.63) is 54.7 Å². The van der Waals surface area contributed by atoms with Crippen molar-refractivity contribution in [2.45, 2.75) is 18.9 Å². The number of hydrogen-bond donors (Lipinski definition) is 1. The van der Waals surface area contributed by atoms with Crippen molar-refractivity contribution in [3.8, 4) is 16.8 Å². The molecule has 1 fully saturated rings. The average Bonchev–Trinajstić information content (AvgIpc) is 3.07. The van der Waals surface area contributed by atoms with Crippen LogP contribution in [0.5, 0.6) is 16.8 Å². The van der Waals surface area contributed by atoms with Crippen LogP contribution in [0.1, 0.15) is 12.8 Å². The van der Waals surface area contributed by atoms with Gasteiger partial charge in [0.15, 0.2) is 5.13 Å². The van der Waals surface area contributed by atoms with Gasteiger partial charge in [-0.25, -0.2) is 19.3 Å². The molecule has 4 rings (SSSR count). The van der Waals surface area contributed by atoms with E-state index in [0.29, 0.717) is 28.8 Å². The zero-order valence-electron chi connectivity index (χ0n) is 14.0. The Morgan fingerprint density at radius 1 is 1.15 bits per heavy atom. The van der Waals surface area contributed by atoms with Crippen molar-refractivity contribution in [3.63, 3.8) is 0 Å². The Bertz CT molecular complexity index is 914. The minimum Gasteiger partial charge on any atom is -0.490 e. The SMILES string of the molecule is O=C(Nc1ncc(Oc2ncccn2)s1)C1CC(Oc2ccc(F)cc2)C1. The van der Waals surface area contributed by atoms with Crippen LogP contribution in [0, 0.1) is 11.7 Å². The number of carbonyl (C=O) groups is 1. The van der Waals surface area contributed by atoms with Gasteiger partial charge in [-0.3, -0.25) is 4.79 Å². The second kappa shape index (κ2) is 7.67. The molecule has 1 saturated carbocycles. The van der Waals surface area contributed by atoms with Gasteiger partial charge in [0.2, 0.25) is 11.0 Å². The number of ether oxygens (including phenoxy) is 2. The number of anilines is 1. The highest BCUT2D eigenvalue weighted by atomic mass is 32.1. The van der Waals surface area contributed by atoms with Crippen LogP contribution < -0.4 is 14.8 Å². The summed E-state index contributed by atoms with van der Waals surface area (Å²) < 4.78 is 24.1. The van der Waals surface area contributed by atoms with Gasteiger partial charge in [-0.1, -0.05) is 11.3 Å². The molecule has 9 heteroatoms. The molecular formula is C18H15FN4O3S. The van der Waals surface area contributed by atoms with Crippen LogP contribution in [0.25, 0.3) is 0 Å². The maximum Gasteiger partial charge on any atom is 0.322 e. The lowest BCUT2D eigenvalue weighted by Gasteiger charge is -2.34. The third-order valence-electron chi connectivity index (χ3n) is 4.03. The quantitative estimate of drug-likeness (QED) is 0.696. The molecule has 1 N–H and O–H groups in total. The highest BCUT2D eigenvalue weighted by Crippen LogP contribution is 2.34. The van der Waals surface area contributed by atoms with E-state index < -0.39 is 0 Å². The molecule has 2 heterocycles. The molecule has 0 atom stereocenters. The topological polar surface area (TPSA) is 86.2 Å². The van der Waals surface area contributed by atoms with Crippen molar-refractivity contribution >= 4 is 22.4 Å². The molecule has 0 saturated heterocycles. The van der Waals surface area contributed by atoms with Crippen LogP contribution in [-0.4, -0.2) is 27.0 Å². The highest BCUT2D eigenvalue weighted by Gasteiger charge is 2.36. The summed E-state index contributed by atoms with van der Waals surface area (Å²) in [5.41, 5.74) is 0. The number of halogens is 1. The third kappa shape index (κ3) is 4.37. The normalized spacial score (nSPS) is 18.4. The minimum absolute atomic E-state index is 0.0448. The molecule has 2 aromatic heterocycles. The van der Waals surface area contributed by atoms with Gasteiger partial charge in [0.1, 0.15) is 17.7 Å². The maximum atomic E-state index is 12.9. The predicted molar refractivity (Wildman–Crippen MR) is 96.4 cm³/mol. The van der Waals surface area contributed by atoms with E-state index in [4.69, 9.17) is 9.47 Å². The van der Waals surface area contributed by atoms with Gasteiger partial charge in [0.25, 0.3) is 0 Å². The number of hydrogen-bond acceptors (Lipinski definition) is 7. The number of aromatic nitrogens is 3. The van der Waals surface area contributed by atoms with Gasteiger partial charge in [0, 0.05) is 18.3 Å². The second-order valence-corrected chi connectivity index (χ2v) is 6.96. The van der Waals surface area contributed by atoms with Gasteiger partial charge < -0.3 is 14.8 Å². The van der Waals surface area contributed by atoms with E-state index in [2.05, 4.69) is 20.3 Å². The maximum absolute atomic E-state index is 12.9. The number of nitrogens with zero attached hydrogens (tertiary/aromatic N) is 3. The summed E-state index contributed by atoms with van der Waals surface area (Å²) in [5.74, 6) is 0.0518. The van der Waals surface area contributed by atoms with Gasteiger partial charge >= 0.3 is 6.01 Å². The van der Waals surface area contributed by atoms with E-state index in [9.17, 15) is 9.18 Å². The van der Waals surface area contributed by atoms with E-state index in [1.165, 1.54) is 29.7 Å². The fraction of sp³-hybridized carbons (Fsp3) is 0.222. The third-order valence-corrected chi connectivity index (χ3v) is 4.82. The molecule has 0 spiro atoms. The van der Waals surface area contributed by atoms with Crippen LogP contribution in [-0.2, 0) is 4.79 Å². The zero-order chi connectivity index (χ0) is 18.6. The Balaban J connectivity index is 1.25. The summed E-state index contributed by atoms with van der Waals surface area (Å²) in [7, 11) is 0. The summed E-state index contributed by atoms with van der Waals surface area (Å²) in [4.78, 5) is 24.3. The smallest absolute Gasteiger partial charge is 0.322 e. The molecule has 0 aliphatic heterocycles. The number of carbonyl (C=O) groups excluding carboxylic acids is 1. The molecule has 138 valence electrons.